The van der Waals surface area contributed by atoms with Gasteiger partial charge in [-0.2, -0.15) is 17.0 Å². The molecule has 124 valence electrons. The summed E-state index contributed by atoms with van der Waals surface area (Å²) in [6.45, 7) is 7.56. The van der Waals surface area contributed by atoms with Crippen LogP contribution in [0.3, 0.4) is 0 Å². The average molecular weight is 319 g/mol. The lowest BCUT2D eigenvalue weighted by Crippen LogP contribution is -2.51. The maximum atomic E-state index is 12.7. The molecule has 2 atom stereocenters. The fraction of sp³-hybridized carbons (Fsp3) is 1.00. The highest BCUT2D eigenvalue weighted by atomic mass is 32.2. The third kappa shape index (κ3) is 4.39. The largest absolute Gasteiger partial charge is 0.380 e. The Bertz CT molecular complexity index is 421. The minimum atomic E-state index is -3.36. The van der Waals surface area contributed by atoms with E-state index in [4.69, 9.17) is 4.74 Å². The van der Waals surface area contributed by atoms with Gasteiger partial charge in [-0.1, -0.05) is 13.8 Å². The first kappa shape index (κ1) is 17.1. The minimum absolute atomic E-state index is 0.0100. The number of hydrogen-bond donors (Lipinski definition) is 1. The van der Waals surface area contributed by atoms with Gasteiger partial charge in [0.1, 0.15) is 0 Å². The van der Waals surface area contributed by atoms with E-state index in [9.17, 15) is 8.42 Å². The Morgan fingerprint density at radius 2 is 2.14 bits per heavy atom. The van der Waals surface area contributed by atoms with Gasteiger partial charge in [0.2, 0.25) is 0 Å². The van der Waals surface area contributed by atoms with Crippen molar-refractivity contribution >= 4 is 10.2 Å². The van der Waals surface area contributed by atoms with E-state index in [2.05, 4.69) is 19.2 Å². The Morgan fingerprint density at radius 1 is 1.38 bits per heavy atom. The number of ether oxygens (including phenoxy) is 1. The highest BCUT2D eigenvalue weighted by Crippen LogP contribution is 2.23. The zero-order valence-corrected chi connectivity index (χ0v) is 14.2. The van der Waals surface area contributed by atoms with Gasteiger partial charge in [-0.3, -0.25) is 0 Å². The van der Waals surface area contributed by atoms with Crippen molar-refractivity contribution in [1.82, 2.24) is 13.9 Å². The van der Waals surface area contributed by atoms with Gasteiger partial charge in [0, 0.05) is 32.8 Å². The van der Waals surface area contributed by atoms with Crippen LogP contribution < -0.4 is 5.32 Å². The van der Waals surface area contributed by atoms with Gasteiger partial charge in [-0.25, -0.2) is 0 Å². The van der Waals surface area contributed by atoms with Crippen LogP contribution in [0, 0.1) is 5.92 Å². The van der Waals surface area contributed by atoms with Crippen molar-refractivity contribution < 1.29 is 13.2 Å². The van der Waals surface area contributed by atoms with Crippen molar-refractivity contribution in [2.24, 2.45) is 5.92 Å². The van der Waals surface area contributed by atoms with E-state index in [0.29, 0.717) is 38.3 Å². The van der Waals surface area contributed by atoms with Gasteiger partial charge in [-0.15, -0.1) is 0 Å². The van der Waals surface area contributed by atoms with Crippen LogP contribution in [-0.2, 0) is 14.9 Å². The van der Waals surface area contributed by atoms with Crippen LogP contribution in [0.4, 0.5) is 0 Å². The first-order chi connectivity index (χ1) is 9.91. The number of rotatable bonds is 6. The van der Waals surface area contributed by atoms with Crippen LogP contribution in [0.1, 0.15) is 33.1 Å². The molecule has 0 aromatic carbocycles. The van der Waals surface area contributed by atoms with E-state index in [1.807, 2.05) is 0 Å². The number of nitrogens with one attached hydrogen (secondary N) is 1. The molecule has 2 rings (SSSR count). The second kappa shape index (κ2) is 7.37. The lowest BCUT2D eigenvalue weighted by atomic mass is 9.99. The Morgan fingerprint density at radius 3 is 2.76 bits per heavy atom. The van der Waals surface area contributed by atoms with Crippen molar-refractivity contribution in [3.8, 4) is 0 Å². The highest BCUT2D eigenvalue weighted by Gasteiger charge is 2.36. The fourth-order valence-corrected chi connectivity index (χ4v) is 4.65. The van der Waals surface area contributed by atoms with Gasteiger partial charge < -0.3 is 10.1 Å². The second-order valence-electron chi connectivity index (χ2n) is 6.47. The summed E-state index contributed by atoms with van der Waals surface area (Å²) in [6, 6.07) is 0.430. The summed E-state index contributed by atoms with van der Waals surface area (Å²) in [7, 11) is -1.67. The first-order valence-corrected chi connectivity index (χ1v) is 9.35. The third-order valence-electron chi connectivity index (χ3n) is 4.41. The van der Waals surface area contributed by atoms with E-state index in [1.54, 1.807) is 11.4 Å². The van der Waals surface area contributed by atoms with Gasteiger partial charge in [-0.05, 0) is 31.7 Å². The van der Waals surface area contributed by atoms with E-state index < -0.39 is 10.2 Å². The monoisotopic (exact) mass is 319 g/mol. The molecule has 2 aliphatic heterocycles. The summed E-state index contributed by atoms with van der Waals surface area (Å²) in [5.41, 5.74) is 0. The molecule has 2 saturated heterocycles. The third-order valence-corrected chi connectivity index (χ3v) is 6.42. The molecule has 2 heterocycles. The summed E-state index contributed by atoms with van der Waals surface area (Å²) in [6.07, 6.45) is 2.84. The Balaban J connectivity index is 1.95. The molecule has 1 N–H and O–H groups in total. The van der Waals surface area contributed by atoms with Crippen molar-refractivity contribution in [1.29, 1.82) is 0 Å². The average Bonchev–Trinajstić information content (AvgIpc) is 2.98. The van der Waals surface area contributed by atoms with Crippen LogP contribution in [0.25, 0.3) is 0 Å². The highest BCUT2D eigenvalue weighted by molar-refractivity contribution is 7.86. The van der Waals surface area contributed by atoms with Crippen molar-refractivity contribution in [3.63, 3.8) is 0 Å². The van der Waals surface area contributed by atoms with Gasteiger partial charge in [0.05, 0.1) is 12.6 Å². The van der Waals surface area contributed by atoms with E-state index in [1.165, 1.54) is 4.31 Å². The summed E-state index contributed by atoms with van der Waals surface area (Å²) in [5.74, 6) is 0.407. The minimum Gasteiger partial charge on any atom is -0.380 e. The quantitative estimate of drug-likeness (QED) is 0.781. The molecule has 2 fully saturated rings. The lowest BCUT2D eigenvalue weighted by molar-refractivity contribution is 0.176. The first-order valence-electron chi connectivity index (χ1n) is 7.95. The molecule has 6 nitrogen and oxygen atoms in total. The normalized spacial score (nSPS) is 28.6. The molecule has 0 aliphatic carbocycles. The summed E-state index contributed by atoms with van der Waals surface area (Å²) >= 11 is 0. The summed E-state index contributed by atoms with van der Waals surface area (Å²) < 4.78 is 33.9. The van der Waals surface area contributed by atoms with E-state index in [0.717, 1.165) is 25.8 Å². The van der Waals surface area contributed by atoms with Crippen LogP contribution >= 0.6 is 0 Å². The molecule has 2 aliphatic rings. The maximum absolute atomic E-state index is 12.7. The molecule has 0 aromatic rings. The zero-order valence-electron chi connectivity index (χ0n) is 13.4. The molecular weight excluding hydrogens is 290 g/mol. The molecule has 0 radical (unpaired) electrons. The number of likely N-dealkylation sites (N-methyl/N-ethyl adjacent to an activating group) is 1. The van der Waals surface area contributed by atoms with E-state index in [-0.39, 0.29) is 6.04 Å². The lowest BCUT2D eigenvalue weighted by Gasteiger charge is -2.36. The van der Waals surface area contributed by atoms with Crippen LogP contribution in [-0.4, -0.2) is 69.0 Å². The van der Waals surface area contributed by atoms with Crippen molar-refractivity contribution in [2.75, 3.05) is 39.9 Å². The topological polar surface area (TPSA) is 61.9 Å². The summed E-state index contributed by atoms with van der Waals surface area (Å²) in [4.78, 5) is 0. The predicted octanol–water partition coefficient (Wildman–Crippen LogP) is 0.662. The molecular formula is C14H29N3O3S. The molecule has 0 aromatic heterocycles. The van der Waals surface area contributed by atoms with Gasteiger partial charge in [0.15, 0.2) is 0 Å². The van der Waals surface area contributed by atoms with E-state index >= 15 is 0 Å². The molecule has 0 amide bonds. The molecule has 21 heavy (non-hydrogen) atoms. The fourth-order valence-electron chi connectivity index (χ4n) is 2.98. The molecule has 2 unspecified atom stereocenters. The molecule has 7 heteroatoms. The Kier molecular flexibility index (Phi) is 6.02. The number of piperidine rings is 1. The second-order valence-corrected chi connectivity index (χ2v) is 8.46. The Hall–Kier alpha value is -0.210. The maximum Gasteiger partial charge on any atom is 0.282 e. The molecule has 0 saturated carbocycles. The van der Waals surface area contributed by atoms with Crippen LogP contribution in [0.5, 0.6) is 0 Å². The van der Waals surface area contributed by atoms with Gasteiger partial charge in [0.25, 0.3) is 10.2 Å². The predicted molar refractivity (Wildman–Crippen MR) is 83.3 cm³/mol. The number of hydrogen-bond acceptors (Lipinski definition) is 4. The zero-order chi connectivity index (χ0) is 15.5. The van der Waals surface area contributed by atoms with Crippen molar-refractivity contribution in [3.05, 3.63) is 0 Å². The smallest absolute Gasteiger partial charge is 0.282 e. The Labute approximate surface area is 129 Å². The summed E-state index contributed by atoms with van der Waals surface area (Å²) in [5, 5.41) is 3.42. The van der Waals surface area contributed by atoms with Gasteiger partial charge >= 0.3 is 0 Å². The van der Waals surface area contributed by atoms with Crippen LogP contribution in [0.15, 0.2) is 0 Å². The van der Waals surface area contributed by atoms with Crippen molar-refractivity contribution in [2.45, 2.75) is 45.2 Å². The number of nitrogens with zero attached hydrogens (tertiary/aromatic N) is 2. The SMILES string of the molecule is CC(C)NCC1CCCN(S(=O)(=O)N(C)C2CCOC2)C1. The standard InChI is InChI=1S/C14H29N3O3S/c1-12(2)15-9-13-5-4-7-17(10-13)21(18,19)16(3)14-6-8-20-11-14/h12-15H,4-11H2,1-3H3. The molecule has 0 spiro atoms. The van der Waals surface area contributed by atoms with Crippen LogP contribution in [0.2, 0.25) is 0 Å². The molecule has 0 bridgehead atoms.